The number of carbonyl (C=O) groups excluding carboxylic acids is 1. The molecule has 1 saturated heterocycles. The summed E-state index contributed by atoms with van der Waals surface area (Å²) in [6, 6.07) is 24.1. The molecule has 0 bridgehead atoms. The van der Waals surface area contributed by atoms with Crippen molar-refractivity contribution < 1.29 is 9.18 Å². The predicted octanol–water partition coefficient (Wildman–Crippen LogP) is 6.52. The summed E-state index contributed by atoms with van der Waals surface area (Å²) >= 11 is 6.56. The molecule has 2 heterocycles. The Hall–Kier alpha value is -3.57. The van der Waals surface area contributed by atoms with Crippen LogP contribution in [-0.2, 0) is 0 Å². The van der Waals surface area contributed by atoms with Gasteiger partial charge in [0, 0.05) is 37.6 Å². The van der Waals surface area contributed by atoms with Gasteiger partial charge >= 0.3 is 0 Å². The zero-order chi connectivity index (χ0) is 24.5. The van der Waals surface area contributed by atoms with Gasteiger partial charge in [-0.15, -0.1) is 0 Å². The van der Waals surface area contributed by atoms with Crippen LogP contribution in [0.1, 0.15) is 21.6 Å². The Morgan fingerprint density at radius 3 is 2.11 bits per heavy atom. The van der Waals surface area contributed by atoms with Crippen molar-refractivity contribution in [3.05, 3.63) is 107 Å². The Balaban J connectivity index is 1.48. The summed E-state index contributed by atoms with van der Waals surface area (Å²) in [5, 5.41) is 0.584. The lowest BCUT2D eigenvalue weighted by atomic mass is 10.1. The molecule has 0 aliphatic carbocycles. The number of para-hydroxylation sites is 2. The van der Waals surface area contributed by atoms with Crippen molar-refractivity contribution in [1.29, 1.82) is 0 Å². The molecule has 0 spiro atoms. The van der Waals surface area contributed by atoms with Gasteiger partial charge in [-0.3, -0.25) is 4.79 Å². The highest BCUT2D eigenvalue weighted by molar-refractivity contribution is 6.32. The molecule has 5 rings (SSSR count). The molecule has 178 valence electrons. The highest BCUT2D eigenvalue weighted by Gasteiger charge is 2.27. The first-order chi connectivity index (χ1) is 16.9. The SMILES string of the molecule is Cc1ccccc1N1CCN(C(=O)c2cc(-c3ccc(F)cc3)n(-c3ccccc3Cl)c2C)CC1. The van der Waals surface area contributed by atoms with Crippen molar-refractivity contribution in [3.8, 4) is 16.9 Å². The predicted molar refractivity (Wildman–Crippen MR) is 140 cm³/mol. The second kappa shape index (κ2) is 9.59. The molecule has 0 radical (unpaired) electrons. The lowest BCUT2D eigenvalue weighted by Crippen LogP contribution is -2.49. The number of carbonyl (C=O) groups is 1. The third-order valence-corrected chi connectivity index (χ3v) is 7.05. The molecule has 1 aromatic heterocycles. The fraction of sp³-hybridized carbons (Fsp3) is 0.207. The molecule has 3 aromatic carbocycles. The highest BCUT2D eigenvalue weighted by atomic mass is 35.5. The summed E-state index contributed by atoms with van der Waals surface area (Å²) in [5.74, 6) is -0.301. The van der Waals surface area contributed by atoms with E-state index in [0.717, 1.165) is 35.7 Å². The van der Waals surface area contributed by atoms with Gasteiger partial charge < -0.3 is 14.4 Å². The van der Waals surface area contributed by atoms with Crippen molar-refractivity contribution in [2.45, 2.75) is 13.8 Å². The van der Waals surface area contributed by atoms with E-state index in [1.165, 1.54) is 23.4 Å². The zero-order valence-corrected chi connectivity index (χ0v) is 20.6. The number of halogens is 2. The van der Waals surface area contributed by atoms with Gasteiger partial charge in [-0.1, -0.05) is 41.9 Å². The molecular weight excluding hydrogens is 461 g/mol. The molecule has 1 aliphatic rings. The van der Waals surface area contributed by atoms with E-state index >= 15 is 0 Å². The van der Waals surface area contributed by atoms with Crippen LogP contribution < -0.4 is 4.90 Å². The van der Waals surface area contributed by atoms with Crippen LogP contribution in [0.25, 0.3) is 16.9 Å². The molecule has 1 fully saturated rings. The first-order valence-corrected chi connectivity index (χ1v) is 12.1. The highest BCUT2D eigenvalue weighted by Crippen LogP contribution is 2.33. The van der Waals surface area contributed by atoms with Gasteiger partial charge in [0.1, 0.15) is 5.82 Å². The lowest BCUT2D eigenvalue weighted by Gasteiger charge is -2.36. The number of nitrogens with zero attached hydrogens (tertiary/aromatic N) is 3. The molecule has 1 aliphatic heterocycles. The molecule has 0 N–H and O–H groups in total. The third-order valence-electron chi connectivity index (χ3n) is 6.73. The quantitative estimate of drug-likeness (QED) is 0.328. The average molecular weight is 488 g/mol. The number of piperazine rings is 1. The average Bonchev–Trinajstić information content (AvgIpc) is 3.21. The molecule has 35 heavy (non-hydrogen) atoms. The first-order valence-electron chi connectivity index (χ1n) is 11.8. The van der Waals surface area contributed by atoms with E-state index in [1.807, 2.05) is 52.8 Å². The summed E-state index contributed by atoms with van der Waals surface area (Å²) in [6.45, 7) is 6.92. The maximum absolute atomic E-state index is 13.7. The number of anilines is 1. The van der Waals surface area contributed by atoms with Crippen LogP contribution in [0.3, 0.4) is 0 Å². The minimum absolute atomic E-state index is 0.00102. The lowest BCUT2D eigenvalue weighted by molar-refractivity contribution is 0.0746. The monoisotopic (exact) mass is 487 g/mol. The van der Waals surface area contributed by atoms with Gasteiger partial charge in [0.15, 0.2) is 0 Å². The zero-order valence-electron chi connectivity index (χ0n) is 19.8. The third kappa shape index (κ3) is 4.44. The smallest absolute Gasteiger partial charge is 0.255 e. The number of aryl methyl sites for hydroxylation is 1. The summed E-state index contributed by atoms with van der Waals surface area (Å²) in [5.41, 5.74) is 6.31. The number of benzene rings is 3. The molecular formula is C29H27ClFN3O. The van der Waals surface area contributed by atoms with Gasteiger partial charge in [0.05, 0.1) is 22.0 Å². The van der Waals surface area contributed by atoms with E-state index in [1.54, 1.807) is 12.1 Å². The Kier molecular flexibility index (Phi) is 6.35. The summed E-state index contributed by atoms with van der Waals surface area (Å²) in [4.78, 5) is 18.0. The fourth-order valence-electron chi connectivity index (χ4n) is 4.84. The van der Waals surface area contributed by atoms with Crippen LogP contribution >= 0.6 is 11.6 Å². The number of hydrogen-bond acceptors (Lipinski definition) is 2. The Morgan fingerprint density at radius 1 is 0.829 bits per heavy atom. The number of amides is 1. The summed E-state index contributed by atoms with van der Waals surface area (Å²) < 4.78 is 15.6. The number of aromatic nitrogens is 1. The molecule has 4 aromatic rings. The second-order valence-corrected chi connectivity index (χ2v) is 9.30. The Bertz CT molecular complexity index is 1370. The molecule has 0 atom stereocenters. The van der Waals surface area contributed by atoms with Gasteiger partial charge in [0.2, 0.25) is 0 Å². The summed E-state index contributed by atoms with van der Waals surface area (Å²) in [7, 11) is 0. The largest absolute Gasteiger partial charge is 0.368 e. The van der Waals surface area contributed by atoms with Crippen molar-refractivity contribution >= 4 is 23.2 Å². The topological polar surface area (TPSA) is 28.5 Å². The fourth-order valence-corrected chi connectivity index (χ4v) is 5.06. The standard InChI is InChI=1S/C29H27ClFN3O/c1-20-7-3-5-9-26(20)32-15-17-33(18-16-32)29(35)24-19-28(22-11-13-23(31)14-12-22)34(21(24)2)27-10-6-4-8-25(27)30/h3-14,19H,15-18H2,1-2H3. The van der Waals surface area contributed by atoms with Gasteiger partial charge in [0.25, 0.3) is 5.91 Å². The second-order valence-electron chi connectivity index (χ2n) is 8.89. The maximum atomic E-state index is 13.7. The van der Waals surface area contributed by atoms with E-state index in [4.69, 9.17) is 11.6 Å². The van der Waals surface area contributed by atoms with Crippen LogP contribution in [0.5, 0.6) is 0 Å². The number of rotatable bonds is 4. The normalized spacial score (nSPS) is 13.8. The van der Waals surface area contributed by atoms with Crippen molar-refractivity contribution in [2.24, 2.45) is 0 Å². The van der Waals surface area contributed by atoms with Crippen LogP contribution in [0.2, 0.25) is 5.02 Å². The summed E-state index contributed by atoms with van der Waals surface area (Å²) in [6.07, 6.45) is 0. The van der Waals surface area contributed by atoms with Crippen molar-refractivity contribution in [1.82, 2.24) is 9.47 Å². The van der Waals surface area contributed by atoms with Crippen molar-refractivity contribution in [3.63, 3.8) is 0 Å². The van der Waals surface area contributed by atoms with Crippen LogP contribution in [0.4, 0.5) is 10.1 Å². The van der Waals surface area contributed by atoms with Crippen LogP contribution in [-0.4, -0.2) is 41.6 Å². The molecule has 4 nitrogen and oxygen atoms in total. The minimum Gasteiger partial charge on any atom is -0.368 e. The molecule has 0 saturated carbocycles. The van der Waals surface area contributed by atoms with E-state index in [0.29, 0.717) is 23.7 Å². The van der Waals surface area contributed by atoms with Crippen LogP contribution in [0, 0.1) is 19.7 Å². The van der Waals surface area contributed by atoms with E-state index < -0.39 is 0 Å². The first kappa shape index (κ1) is 23.2. The van der Waals surface area contributed by atoms with Crippen molar-refractivity contribution in [2.75, 3.05) is 31.1 Å². The Labute approximate surface area is 210 Å². The maximum Gasteiger partial charge on any atom is 0.255 e. The molecule has 1 amide bonds. The molecule has 0 unspecified atom stereocenters. The van der Waals surface area contributed by atoms with E-state index in [9.17, 15) is 9.18 Å². The van der Waals surface area contributed by atoms with E-state index in [2.05, 4.69) is 30.0 Å². The number of hydrogen-bond donors (Lipinski definition) is 0. The van der Waals surface area contributed by atoms with Gasteiger partial charge in [-0.05, 0) is 73.5 Å². The van der Waals surface area contributed by atoms with Gasteiger partial charge in [-0.25, -0.2) is 4.39 Å². The van der Waals surface area contributed by atoms with Gasteiger partial charge in [-0.2, -0.15) is 0 Å². The molecule has 6 heteroatoms. The minimum atomic E-state index is -0.302. The Morgan fingerprint density at radius 2 is 1.46 bits per heavy atom. The van der Waals surface area contributed by atoms with E-state index in [-0.39, 0.29) is 11.7 Å². The van der Waals surface area contributed by atoms with Crippen LogP contribution in [0.15, 0.2) is 78.9 Å².